The molecule has 0 saturated heterocycles. The van der Waals surface area contributed by atoms with E-state index >= 15 is 0 Å². The second kappa shape index (κ2) is 15.1. The maximum absolute atomic E-state index is 8.44. The van der Waals surface area contributed by atoms with Gasteiger partial charge in [-0.1, -0.05) is 38.7 Å². The lowest BCUT2D eigenvalue weighted by Gasteiger charge is -2.00. The van der Waals surface area contributed by atoms with Crippen molar-refractivity contribution < 1.29 is 9.84 Å². The van der Waals surface area contributed by atoms with Gasteiger partial charge >= 0.3 is 0 Å². The van der Waals surface area contributed by atoms with Crippen molar-refractivity contribution in [2.45, 2.75) is 64.7 Å². The van der Waals surface area contributed by atoms with Crippen molar-refractivity contribution in [3.8, 4) is 0 Å². The molecule has 0 aliphatic heterocycles. The molecule has 0 aliphatic rings. The van der Waals surface area contributed by atoms with Crippen LogP contribution in [0.15, 0.2) is 24.7 Å². The van der Waals surface area contributed by atoms with Crippen LogP contribution in [0.25, 0.3) is 0 Å². The van der Waals surface area contributed by atoms with Crippen molar-refractivity contribution in [3.63, 3.8) is 0 Å². The molecule has 0 aromatic carbocycles. The number of allylic oxidation sites excluding steroid dienone is 2. The molecular formula is C15H28O2. The van der Waals surface area contributed by atoms with Gasteiger partial charge in [0.05, 0.1) is 19.1 Å². The quantitative estimate of drug-likeness (QED) is 0.379. The number of aliphatic hydroxyl groups is 1. The van der Waals surface area contributed by atoms with Crippen LogP contribution in [0.1, 0.15) is 64.7 Å². The standard InChI is InChI=1S/C15H28O2/c1-2-3-4-8-11-14-17-15-12-9-6-5-7-10-13-16/h10-11,13-14,16H,2-9,12,15H2,1H3. The molecule has 2 nitrogen and oxygen atoms in total. The smallest absolute Gasteiger partial charge is 0.0873 e. The zero-order valence-electron chi connectivity index (χ0n) is 11.2. The van der Waals surface area contributed by atoms with Crippen LogP contribution in [0, 0.1) is 0 Å². The number of hydrogen-bond acceptors (Lipinski definition) is 2. The van der Waals surface area contributed by atoms with Crippen LogP contribution in [0.2, 0.25) is 0 Å². The third kappa shape index (κ3) is 15.1. The molecule has 1 N–H and O–H groups in total. The van der Waals surface area contributed by atoms with Crippen molar-refractivity contribution in [2.75, 3.05) is 6.61 Å². The van der Waals surface area contributed by atoms with E-state index in [-0.39, 0.29) is 0 Å². The third-order valence-corrected chi connectivity index (χ3v) is 2.66. The van der Waals surface area contributed by atoms with E-state index in [2.05, 4.69) is 13.0 Å². The lowest BCUT2D eigenvalue weighted by atomic mass is 10.1. The SMILES string of the molecule is CCCCCC=COCCCCCCC=CO. The minimum Gasteiger partial charge on any atom is -0.516 e. The van der Waals surface area contributed by atoms with E-state index in [0.717, 1.165) is 38.6 Å². The third-order valence-electron chi connectivity index (χ3n) is 2.66. The van der Waals surface area contributed by atoms with Crippen LogP contribution < -0.4 is 0 Å². The van der Waals surface area contributed by atoms with Crippen LogP contribution in [-0.4, -0.2) is 11.7 Å². The van der Waals surface area contributed by atoms with Crippen molar-refractivity contribution in [3.05, 3.63) is 24.7 Å². The Labute approximate surface area is 106 Å². The molecule has 0 rings (SSSR count). The fourth-order valence-electron chi connectivity index (χ4n) is 1.59. The van der Waals surface area contributed by atoms with E-state index < -0.39 is 0 Å². The summed E-state index contributed by atoms with van der Waals surface area (Å²) in [6.45, 7) is 3.05. The minimum atomic E-state index is 0.833. The summed E-state index contributed by atoms with van der Waals surface area (Å²) in [6, 6.07) is 0. The van der Waals surface area contributed by atoms with Gasteiger partial charge in [-0.05, 0) is 38.2 Å². The second-order valence-electron chi connectivity index (χ2n) is 4.33. The number of ether oxygens (including phenoxy) is 1. The Morgan fingerprint density at radius 2 is 1.59 bits per heavy atom. The van der Waals surface area contributed by atoms with E-state index in [1.165, 1.54) is 32.1 Å². The molecule has 0 spiro atoms. The molecular weight excluding hydrogens is 212 g/mol. The predicted molar refractivity (Wildman–Crippen MR) is 74.1 cm³/mol. The van der Waals surface area contributed by atoms with Gasteiger partial charge in [-0.15, -0.1) is 0 Å². The lowest BCUT2D eigenvalue weighted by Crippen LogP contribution is -1.87. The van der Waals surface area contributed by atoms with Crippen molar-refractivity contribution >= 4 is 0 Å². The molecule has 0 aromatic rings. The first-order chi connectivity index (χ1) is 8.41. The van der Waals surface area contributed by atoms with Crippen LogP contribution in [0.4, 0.5) is 0 Å². The zero-order valence-corrected chi connectivity index (χ0v) is 11.2. The van der Waals surface area contributed by atoms with Gasteiger partial charge in [0, 0.05) is 0 Å². The Bertz CT molecular complexity index is 185. The number of hydrogen-bond donors (Lipinski definition) is 1. The van der Waals surface area contributed by atoms with Gasteiger partial charge in [-0.25, -0.2) is 0 Å². The molecule has 0 atom stereocenters. The molecule has 0 radical (unpaired) electrons. The van der Waals surface area contributed by atoms with Gasteiger partial charge in [0.2, 0.25) is 0 Å². The molecule has 0 heterocycles. The summed E-state index contributed by atoms with van der Waals surface area (Å²) in [5.41, 5.74) is 0. The number of rotatable bonds is 12. The Kier molecular flexibility index (Phi) is 14.3. The fourth-order valence-corrected chi connectivity index (χ4v) is 1.59. The second-order valence-corrected chi connectivity index (χ2v) is 4.33. The van der Waals surface area contributed by atoms with Crippen LogP contribution >= 0.6 is 0 Å². The molecule has 0 aliphatic carbocycles. The highest BCUT2D eigenvalue weighted by atomic mass is 16.5. The predicted octanol–water partition coefficient (Wildman–Crippen LogP) is 5.12. The molecule has 100 valence electrons. The summed E-state index contributed by atoms with van der Waals surface area (Å²) in [4.78, 5) is 0. The molecule has 17 heavy (non-hydrogen) atoms. The van der Waals surface area contributed by atoms with Crippen LogP contribution in [0.3, 0.4) is 0 Å². The highest BCUT2D eigenvalue weighted by Gasteiger charge is 1.88. The lowest BCUT2D eigenvalue weighted by molar-refractivity contribution is 0.239. The number of aliphatic hydroxyl groups excluding tert-OH is 1. The van der Waals surface area contributed by atoms with E-state index in [1.54, 1.807) is 6.08 Å². The molecule has 0 amide bonds. The van der Waals surface area contributed by atoms with Crippen LogP contribution in [-0.2, 0) is 4.74 Å². The highest BCUT2D eigenvalue weighted by molar-refractivity contribution is 4.73. The summed E-state index contributed by atoms with van der Waals surface area (Å²) in [5.74, 6) is 0. The Morgan fingerprint density at radius 3 is 2.35 bits per heavy atom. The molecule has 0 unspecified atom stereocenters. The van der Waals surface area contributed by atoms with Crippen molar-refractivity contribution in [2.24, 2.45) is 0 Å². The summed E-state index contributed by atoms with van der Waals surface area (Å²) < 4.78 is 5.41. The average Bonchev–Trinajstić information content (AvgIpc) is 2.35. The van der Waals surface area contributed by atoms with E-state index in [4.69, 9.17) is 9.84 Å². The Morgan fingerprint density at radius 1 is 0.882 bits per heavy atom. The highest BCUT2D eigenvalue weighted by Crippen LogP contribution is 2.04. The average molecular weight is 240 g/mol. The summed E-state index contributed by atoms with van der Waals surface area (Å²) in [6.07, 6.45) is 17.6. The largest absolute Gasteiger partial charge is 0.516 e. The van der Waals surface area contributed by atoms with Crippen molar-refractivity contribution in [1.29, 1.82) is 0 Å². The first kappa shape index (κ1) is 16.1. The van der Waals surface area contributed by atoms with Gasteiger partial charge in [-0.3, -0.25) is 0 Å². The topological polar surface area (TPSA) is 29.5 Å². The molecule has 0 bridgehead atoms. The summed E-state index contributed by atoms with van der Waals surface area (Å²) >= 11 is 0. The van der Waals surface area contributed by atoms with Crippen LogP contribution in [0.5, 0.6) is 0 Å². The van der Waals surface area contributed by atoms with Gasteiger partial charge in [0.15, 0.2) is 0 Å². The Hall–Kier alpha value is -0.920. The van der Waals surface area contributed by atoms with E-state index in [1.807, 2.05) is 6.26 Å². The van der Waals surface area contributed by atoms with Gasteiger partial charge in [-0.2, -0.15) is 0 Å². The summed E-state index contributed by atoms with van der Waals surface area (Å²) in [7, 11) is 0. The number of unbranched alkanes of at least 4 members (excludes halogenated alkanes) is 7. The fraction of sp³-hybridized carbons (Fsp3) is 0.733. The normalized spacial score (nSPS) is 11.6. The molecule has 2 heteroatoms. The molecule has 0 saturated carbocycles. The minimum absolute atomic E-state index is 0.833. The Balaban J connectivity index is 3.02. The maximum atomic E-state index is 8.44. The maximum Gasteiger partial charge on any atom is 0.0873 e. The first-order valence-electron chi connectivity index (χ1n) is 6.97. The van der Waals surface area contributed by atoms with E-state index in [9.17, 15) is 0 Å². The monoisotopic (exact) mass is 240 g/mol. The summed E-state index contributed by atoms with van der Waals surface area (Å²) in [5, 5.41) is 8.44. The van der Waals surface area contributed by atoms with Gasteiger partial charge in [0.25, 0.3) is 0 Å². The van der Waals surface area contributed by atoms with Gasteiger partial charge < -0.3 is 9.84 Å². The molecule has 0 fully saturated rings. The zero-order chi connectivity index (χ0) is 12.6. The van der Waals surface area contributed by atoms with Crippen molar-refractivity contribution in [1.82, 2.24) is 0 Å². The molecule has 0 aromatic heterocycles. The van der Waals surface area contributed by atoms with Gasteiger partial charge in [0.1, 0.15) is 0 Å². The van der Waals surface area contributed by atoms with E-state index in [0.29, 0.717) is 0 Å². The first-order valence-corrected chi connectivity index (χ1v) is 6.97.